The number of carbonyl (C=O) groups excluding carboxylic acids is 1. The third kappa shape index (κ3) is 5.19. The topological polar surface area (TPSA) is 81.2 Å². The molecular weight excluding hydrogens is 448 g/mol. The lowest BCUT2D eigenvalue weighted by Gasteiger charge is -2.38. The zero-order valence-corrected chi connectivity index (χ0v) is 20.7. The molecule has 1 amide bonds. The predicted octanol–water partition coefficient (Wildman–Crippen LogP) is 5.02. The van der Waals surface area contributed by atoms with Crippen LogP contribution in [0.1, 0.15) is 42.4 Å². The van der Waals surface area contributed by atoms with E-state index in [2.05, 4.69) is 54.5 Å². The minimum atomic E-state index is -0.397. The van der Waals surface area contributed by atoms with Crippen LogP contribution in [0.2, 0.25) is 0 Å². The van der Waals surface area contributed by atoms with E-state index in [-0.39, 0.29) is 23.7 Å². The molecule has 6 heteroatoms. The van der Waals surface area contributed by atoms with Crippen LogP contribution < -0.4 is 5.32 Å². The lowest BCUT2D eigenvalue weighted by Crippen LogP contribution is -2.52. The fourth-order valence-corrected chi connectivity index (χ4v) is 4.96. The third-order valence-electron chi connectivity index (χ3n) is 6.74. The van der Waals surface area contributed by atoms with Gasteiger partial charge in [0.1, 0.15) is 11.6 Å². The second-order valence-corrected chi connectivity index (χ2v) is 9.75. The summed E-state index contributed by atoms with van der Waals surface area (Å²) < 4.78 is 0. The molecule has 2 atom stereocenters. The van der Waals surface area contributed by atoms with E-state index in [0.717, 1.165) is 22.6 Å². The van der Waals surface area contributed by atoms with Crippen molar-refractivity contribution in [3.8, 4) is 17.0 Å². The molecule has 5 rings (SSSR count). The van der Waals surface area contributed by atoms with Gasteiger partial charge in [0, 0.05) is 19.0 Å². The van der Waals surface area contributed by atoms with Gasteiger partial charge in [-0.1, -0.05) is 80.6 Å². The van der Waals surface area contributed by atoms with Crippen LogP contribution in [0.5, 0.6) is 5.75 Å². The lowest BCUT2D eigenvalue weighted by atomic mass is 9.92. The Morgan fingerprint density at radius 1 is 1.03 bits per heavy atom. The quantitative estimate of drug-likeness (QED) is 0.347. The Morgan fingerprint density at radius 2 is 1.72 bits per heavy atom. The first-order valence-electron chi connectivity index (χ1n) is 12.5. The number of nitrogens with one attached hydrogen (secondary N) is 2. The minimum absolute atomic E-state index is 0.0499. The number of aromatic hydroxyl groups is 1. The molecule has 4 aromatic rings. The summed E-state index contributed by atoms with van der Waals surface area (Å²) in [6.45, 7) is 4.64. The molecule has 1 aromatic heterocycles. The average molecular weight is 481 g/mol. The summed E-state index contributed by atoms with van der Waals surface area (Å²) in [5.41, 5.74) is 5.42. The van der Waals surface area contributed by atoms with Crippen molar-refractivity contribution in [3.63, 3.8) is 0 Å². The van der Waals surface area contributed by atoms with Crippen molar-refractivity contribution < 1.29 is 9.90 Å². The summed E-state index contributed by atoms with van der Waals surface area (Å²) in [6, 6.07) is 25.1. The van der Waals surface area contributed by atoms with Crippen molar-refractivity contribution in [2.24, 2.45) is 0 Å². The van der Waals surface area contributed by atoms with Crippen LogP contribution in [0.25, 0.3) is 11.3 Å². The Kier molecular flexibility index (Phi) is 6.87. The molecule has 2 unspecified atom stereocenters. The molecule has 0 spiro atoms. The monoisotopic (exact) mass is 480 g/mol. The number of hydrogen-bond acceptors (Lipinski definition) is 4. The van der Waals surface area contributed by atoms with Gasteiger partial charge in [-0.05, 0) is 40.8 Å². The molecule has 3 aromatic carbocycles. The molecule has 6 nitrogen and oxygen atoms in total. The number of aromatic nitrogens is 2. The first-order chi connectivity index (χ1) is 17.5. The van der Waals surface area contributed by atoms with E-state index in [9.17, 15) is 9.90 Å². The number of imidazole rings is 1. The first kappa shape index (κ1) is 23.8. The predicted molar refractivity (Wildman–Crippen MR) is 141 cm³/mol. The fraction of sp³-hybridized carbons (Fsp3) is 0.267. The highest BCUT2D eigenvalue weighted by Crippen LogP contribution is 2.34. The summed E-state index contributed by atoms with van der Waals surface area (Å²) in [4.78, 5) is 24.4. The fourth-order valence-electron chi connectivity index (χ4n) is 4.96. The van der Waals surface area contributed by atoms with Gasteiger partial charge in [0.2, 0.25) is 5.91 Å². The number of carbonyl (C=O) groups is 1. The molecule has 0 fully saturated rings. The zero-order valence-electron chi connectivity index (χ0n) is 20.7. The highest BCUT2D eigenvalue weighted by atomic mass is 16.3. The average Bonchev–Trinajstić information content (AvgIpc) is 3.39. The van der Waals surface area contributed by atoms with E-state index in [1.807, 2.05) is 47.5 Å². The van der Waals surface area contributed by atoms with Crippen molar-refractivity contribution in [2.75, 3.05) is 0 Å². The Hall–Kier alpha value is -3.90. The highest BCUT2D eigenvalue weighted by molar-refractivity contribution is 5.83. The molecule has 36 heavy (non-hydrogen) atoms. The molecule has 3 N–H and O–H groups in total. The van der Waals surface area contributed by atoms with Crippen LogP contribution in [0, 0.1) is 0 Å². The van der Waals surface area contributed by atoms with Crippen molar-refractivity contribution >= 4 is 5.91 Å². The van der Waals surface area contributed by atoms with Gasteiger partial charge in [0.15, 0.2) is 0 Å². The second-order valence-electron chi connectivity index (χ2n) is 9.75. The molecule has 1 aliphatic heterocycles. The molecule has 0 radical (unpaired) electrons. The molecule has 0 saturated carbocycles. The number of hydrogen-bond donors (Lipinski definition) is 3. The van der Waals surface area contributed by atoms with E-state index in [1.165, 1.54) is 11.1 Å². The Labute approximate surface area is 212 Å². The molecule has 0 aliphatic carbocycles. The number of aromatic amines is 1. The number of rotatable bonds is 7. The van der Waals surface area contributed by atoms with Gasteiger partial charge >= 0.3 is 0 Å². The molecule has 0 bridgehead atoms. The van der Waals surface area contributed by atoms with Crippen molar-refractivity contribution in [1.82, 2.24) is 20.2 Å². The smallest absolute Gasteiger partial charge is 0.240 e. The summed E-state index contributed by atoms with van der Waals surface area (Å²) in [7, 11) is 0. The Morgan fingerprint density at radius 3 is 2.44 bits per heavy atom. The second kappa shape index (κ2) is 10.4. The lowest BCUT2D eigenvalue weighted by molar-refractivity contribution is -0.137. The summed E-state index contributed by atoms with van der Waals surface area (Å²) >= 11 is 0. The zero-order chi connectivity index (χ0) is 25.1. The summed E-state index contributed by atoms with van der Waals surface area (Å²) in [6.07, 6.45) is 3.10. The number of phenols is 1. The highest BCUT2D eigenvalue weighted by Gasteiger charge is 2.36. The Balaban J connectivity index is 1.48. The van der Waals surface area contributed by atoms with Crippen molar-refractivity contribution in [3.05, 3.63) is 108 Å². The molecular formula is C30H32N4O2. The number of amides is 1. The molecule has 2 heterocycles. The molecule has 1 aliphatic rings. The van der Waals surface area contributed by atoms with E-state index in [4.69, 9.17) is 4.98 Å². The normalized spacial score (nSPS) is 16.1. The number of phenolic OH excluding ortho intramolecular Hbond substituents is 1. The van der Waals surface area contributed by atoms with E-state index in [1.54, 1.807) is 12.1 Å². The maximum atomic E-state index is 14.1. The molecule has 184 valence electrons. The van der Waals surface area contributed by atoms with Crippen LogP contribution in [0.4, 0.5) is 0 Å². The first-order valence-corrected chi connectivity index (χ1v) is 12.5. The Bertz CT molecular complexity index is 1310. The standard InChI is InChI=1S/C30H32N4O2/c1-20(2)32-26(16-21-12-14-25(35)15-13-21)30(36)34-19-24-11-7-6-10-23(24)17-28(34)29-31-18-27(33-29)22-8-4-3-5-9-22/h3-15,18,20,26,28,32,35H,16-17,19H2,1-2H3,(H,31,33). The number of fused-ring (bicyclic) bond motifs is 1. The SMILES string of the molecule is CC(C)NC(Cc1ccc(O)cc1)C(=O)N1Cc2ccccc2CC1c1ncc(-c2ccccc2)[nH]1. The number of benzene rings is 3. The van der Waals surface area contributed by atoms with E-state index < -0.39 is 6.04 Å². The van der Waals surface area contributed by atoms with Crippen molar-refractivity contribution in [2.45, 2.75) is 51.4 Å². The van der Waals surface area contributed by atoms with Crippen LogP contribution in [0.3, 0.4) is 0 Å². The molecule has 0 saturated heterocycles. The van der Waals surface area contributed by atoms with Crippen LogP contribution in [-0.4, -0.2) is 38.0 Å². The summed E-state index contributed by atoms with van der Waals surface area (Å²) in [5, 5.41) is 13.2. The maximum Gasteiger partial charge on any atom is 0.240 e. The largest absolute Gasteiger partial charge is 0.508 e. The third-order valence-corrected chi connectivity index (χ3v) is 6.74. The van der Waals surface area contributed by atoms with Gasteiger partial charge in [-0.25, -0.2) is 4.98 Å². The van der Waals surface area contributed by atoms with Gasteiger partial charge < -0.3 is 20.3 Å². The number of H-pyrrole nitrogens is 1. The van der Waals surface area contributed by atoms with Crippen LogP contribution in [-0.2, 0) is 24.2 Å². The van der Waals surface area contributed by atoms with Gasteiger partial charge in [0.25, 0.3) is 0 Å². The van der Waals surface area contributed by atoms with E-state index in [0.29, 0.717) is 19.4 Å². The van der Waals surface area contributed by atoms with Gasteiger partial charge in [-0.2, -0.15) is 0 Å². The van der Waals surface area contributed by atoms with Gasteiger partial charge in [-0.15, -0.1) is 0 Å². The maximum absolute atomic E-state index is 14.1. The minimum Gasteiger partial charge on any atom is -0.508 e. The van der Waals surface area contributed by atoms with E-state index >= 15 is 0 Å². The van der Waals surface area contributed by atoms with Gasteiger partial charge in [0.05, 0.1) is 24.0 Å². The van der Waals surface area contributed by atoms with Gasteiger partial charge in [-0.3, -0.25) is 4.79 Å². The van der Waals surface area contributed by atoms with Crippen LogP contribution in [0.15, 0.2) is 85.1 Å². The van der Waals surface area contributed by atoms with Crippen LogP contribution >= 0.6 is 0 Å². The summed E-state index contributed by atoms with van der Waals surface area (Å²) in [5.74, 6) is 1.07. The van der Waals surface area contributed by atoms with Crippen molar-refractivity contribution in [1.29, 1.82) is 0 Å². The number of nitrogens with zero attached hydrogens (tertiary/aromatic N) is 2.